The molecule has 1 unspecified atom stereocenters. The minimum Gasteiger partial charge on any atom is -0.497 e. The van der Waals surface area contributed by atoms with Gasteiger partial charge < -0.3 is 19.9 Å². The summed E-state index contributed by atoms with van der Waals surface area (Å²) in [5, 5.41) is 3.64. The van der Waals surface area contributed by atoms with Crippen molar-refractivity contribution >= 4 is 29.1 Å². The normalized spacial score (nSPS) is 20.2. The van der Waals surface area contributed by atoms with E-state index in [2.05, 4.69) is 59.3 Å². The molecule has 228 valence electrons. The predicted octanol–water partition coefficient (Wildman–Crippen LogP) is 6.17. The second-order valence-electron chi connectivity index (χ2n) is 12.8. The minimum atomic E-state index is -0.399. The van der Waals surface area contributed by atoms with Crippen LogP contribution in [-0.4, -0.2) is 67.9 Å². The van der Waals surface area contributed by atoms with Gasteiger partial charge in [0.25, 0.3) is 0 Å². The van der Waals surface area contributed by atoms with E-state index >= 15 is 0 Å². The number of rotatable bonds is 7. The number of nitrogens with one attached hydrogen (secondary N) is 1. The molecule has 1 N–H and O–H groups in total. The van der Waals surface area contributed by atoms with Gasteiger partial charge in [0, 0.05) is 50.4 Å². The van der Waals surface area contributed by atoms with Crippen LogP contribution in [0.25, 0.3) is 6.08 Å². The van der Waals surface area contributed by atoms with Gasteiger partial charge in [-0.25, -0.2) is 0 Å². The van der Waals surface area contributed by atoms with Gasteiger partial charge in [0.1, 0.15) is 5.75 Å². The second kappa shape index (κ2) is 12.7. The number of hydrogen-bond donors (Lipinski definition) is 1. The zero-order valence-corrected chi connectivity index (χ0v) is 26.0. The molecule has 44 heavy (non-hydrogen) atoms. The molecule has 7 nitrogen and oxygen atoms in total. The van der Waals surface area contributed by atoms with Gasteiger partial charge in [-0.1, -0.05) is 80.6 Å². The third kappa shape index (κ3) is 6.43. The van der Waals surface area contributed by atoms with Crippen LogP contribution in [0.2, 0.25) is 0 Å². The maximum absolute atomic E-state index is 14.0. The number of anilines is 2. The number of allylic oxidation sites excluding steroid dienone is 1. The summed E-state index contributed by atoms with van der Waals surface area (Å²) in [6.07, 6.45) is 5.58. The Morgan fingerprint density at radius 2 is 1.64 bits per heavy atom. The molecule has 1 atom stereocenters. The highest BCUT2D eigenvalue weighted by molar-refractivity contribution is 6.02. The number of carbonyl (C=O) groups is 2. The van der Waals surface area contributed by atoms with Gasteiger partial charge in [0.15, 0.2) is 5.78 Å². The first-order valence-corrected chi connectivity index (χ1v) is 15.6. The molecule has 0 radical (unpaired) electrons. The van der Waals surface area contributed by atoms with Crippen molar-refractivity contribution in [3.63, 3.8) is 0 Å². The molecule has 1 saturated heterocycles. The van der Waals surface area contributed by atoms with Gasteiger partial charge >= 0.3 is 0 Å². The van der Waals surface area contributed by atoms with Gasteiger partial charge in [0.05, 0.1) is 31.1 Å². The lowest BCUT2D eigenvalue weighted by Gasteiger charge is -2.39. The monoisotopic (exact) mass is 590 g/mol. The predicted molar refractivity (Wildman–Crippen MR) is 177 cm³/mol. The molecule has 2 aliphatic heterocycles. The number of fused-ring (bicyclic) bond motifs is 1. The van der Waals surface area contributed by atoms with Crippen molar-refractivity contribution < 1.29 is 14.3 Å². The Kier molecular flexibility index (Phi) is 8.58. The number of amides is 1. The topological polar surface area (TPSA) is 65.1 Å². The summed E-state index contributed by atoms with van der Waals surface area (Å²) >= 11 is 0. The molecule has 3 aromatic carbocycles. The van der Waals surface area contributed by atoms with Crippen LogP contribution >= 0.6 is 0 Å². The summed E-state index contributed by atoms with van der Waals surface area (Å²) in [5.74, 6) is 0.961. The SMILES string of the molecule is COc1ccc(C2C3=C(CC(C)(C)CC3=O)Nc3ccccc3N2CC(=O)N2CCN(C/C=C/c3ccccc3)CC2)cc1. The highest BCUT2D eigenvalue weighted by Gasteiger charge is 2.42. The fraction of sp³-hybridized carbons (Fsp3) is 0.351. The molecule has 0 bridgehead atoms. The number of para-hydroxylation sites is 2. The molecule has 1 aliphatic carbocycles. The third-order valence-electron chi connectivity index (χ3n) is 8.94. The number of methoxy groups -OCH3 is 1. The van der Waals surface area contributed by atoms with E-state index in [1.165, 1.54) is 5.56 Å². The van der Waals surface area contributed by atoms with Crippen molar-refractivity contribution in [1.82, 2.24) is 9.80 Å². The fourth-order valence-electron chi connectivity index (χ4n) is 6.69. The van der Waals surface area contributed by atoms with Crippen molar-refractivity contribution in [3.05, 3.63) is 107 Å². The Bertz CT molecular complexity index is 1550. The Morgan fingerprint density at radius 1 is 0.932 bits per heavy atom. The van der Waals surface area contributed by atoms with Crippen molar-refractivity contribution in [3.8, 4) is 5.75 Å². The molecule has 3 aliphatic rings. The van der Waals surface area contributed by atoms with E-state index in [0.717, 1.165) is 60.0 Å². The van der Waals surface area contributed by atoms with Gasteiger partial charge in [0.2, 0.25) is 5.91 Å². The Labute approximate surface area is 260 Å². The molecular weight excluding hydrogens is 548 g/mol. The van der Waals surface area contributed by atoms with E-state index in [1.54, 1.807) is 7.11 Å². The molecule has 6 rings (SSSR count). The standard InChI is InChI=1S/C37H42N4O3/c1-37(2)24-31-35(33(42)25-37)36(28-15-17-29(44-3)18-16-28)41(32-14-8-7-13-30(32)38-31)26-34(43)40-22-20-39(21-23-40)19-9-12-27-10-5-4-6-11-27/h4-18,36,38H,19-26H2,1-3H3/b12-9+. The number of ether oxygens (including phenoxy) is 1. The van der Waals surface area contributed by atoms with E-state index in [9.17, 15) is 9.59 Å². The fourth-order valence-corrected chi connectivity index (χ4v) is 6.69. The van der Waals surface area contributed by atoms with Gasteiger partial charge in [-0.2, -0.15) is 0 Å². The van der Waals surface area contributed by atoms with Crippen LogP contribution in [0.3, 0.4) is 0 Å². The number of hydrogen-bond acceptors (Lipinski definition) is 6. The first-order chi connectivity index (χ1) is 21.3. The quantitative estimate of drug-likeness (QED) is 0.355. The number of ketones is 1. The zero-order chi connectivity index (χ0) is 30.7. The number of Topliss-reactive ketones (excluding diaryl/α,β-unsaturated/α-hetero) is 1. The van der Waals surface area contributed by atoms with Gasteiger partial charge in [-0.3, -0.25) is 14.5 Å². The highest BCUT2D eigenvalue weighted by atomic mass is 16.5. The lowest BCUT2D eigenvalue weighted by Crippen LogP contribution is -2.51. The molecule has 1 fully saturated rings. The maximum atomic E-state index is 14.0. The summed E-state index contributed by atoms with van der Waals surface area (Å²) in [7, 11) is 1.65. The molecule has 7 heteroatoms. The molecule has 3 aromatic rings. The average Bonchev–Trinajstić information content (AvgIpc) is 3.15. The van der Waals surface area contributed by atoms with E-state index in [4.69, 9.17) is 4.74 Å². The van der Waals surface area contributed by atoms with E-state index < -0.39 is 6.04 Å². The van der Waals surface area contributed by atoms with Crippen LogP contribution in [0, 0.1) is 5.41 Å². The van der Waals surface area contributed by atoms with Crippen LogP contribution in [-0.2, 0) is 9.59 Å². The van der Waals surface area contributed by atoms with Crippen molar-refractivity contribution in [2.75, 3.05) is 56.6 Å². The maximum Gasteiger partial charge on any atom is 0.242 e. The number of carbonyl (C=O) groups excluding carboxylic acids is 2. The molecule has 0 aromatic heterocycles. The first kappa shape index (κ1) is 29.7. The summed E-state index contributed by atoms with van der Waals surface area (Å²) in [4.78, 5) is 34.5. The highest BCUT2D eigenvalue weighted by Crippen LogP contribution is 2.48. The zero-order valence-electron chi connectivity index (χ0n) is 26.0. The van der Waals surface area contributed by atoms with Crippen LogP contribution in [0.5, 0.6) is 5.75 Å². The molecule has 2 heterocycles. The van der Waals surface area contributed by atoms with Crippen LogP contribution in [0.4, 0.5) is 11.4 Å². The number of benzene rings is 3. The largest absolute Gasteiger partial charge is 0.497 e. The first-order valence-electron chi connectivity index (χ1n) is 15.6. The third-order valence-corrected chi connectivity index (χ3v) is 8.94. The lowest BCUT2D eigenvalue weighted by molar-refractivity contribution is -0.131. The summed E-state index contributed by atoms with van der Waals surface area (Å²) in [6.45, 7) is 8.34. The lowest BCUT2D eigenvalue weighted by atomic mass is 9.73. The van der Waals surface area contributed by atoms with Crippen molar-refractivity contribution in [2.45, 2.75) is 32.7 Å². The summed E-state index contributed by atoms with van der Waals surface area (Å²) in [6, 6.07) is 25.9. The molecular formula is C37H42N4O3. The number of piperazine rings is 1. The van der Waals surface area contributed by atoms with E-state index in [0.29, 0.717) is 19.5 Å². The van der Waals surface area contributed by atoms with Crippen molar-refractivity contribution in [2.24, 2.45) is 5.41 Å². The second-order valence-corrected chi connectivity index (χ2v) is 12.8. The van der Waals surface area contributed by atoms with Crippen LogP contribution in [0.1, 0.15) is 43.9 Å². The molecule has 0 saturated carbocycles. The van der Waals surface area contributed by atoms with E-state index in [1.807, 2.05) is 65.6 Å². The van der Waals surface area contributed by atoms with Crippen LogP contribution < -0.4 is 15.0 Å². The summed E-state index contributed by atoms with van der Waals surface area (Å²) < 4.78 is 5.44. The van der Waals surface area contributed by atoms with E-state index in [-0.39, 0.29) is 23.7 Å². The molecule has 1 amide bonds. The Balaban J connectivity index is 1.26. The van der Waals surface area contributed by atoms with Gasteiger partial charge in [-0.15, -0.1) is 0 Å². The Morgan fingerprint density at radius 3 is 2.36 bits per heavy atom. The van der Waals surface area contributed by atoms with Crippen LogP contribution in [0.15, 0.2) is 96.2 Å². The molecule has 0 spiro atoms. The Hall–Kier alpha value is -4.36. The summed E-state index contributed by atoms with van der Waals surface area (Å²) in [5.41, 5.74) is 5.56. The minimum absolute atomic E-state index is 0.0745. The number of nitrogens with zero attached hydrogens (tertiary/aromatic N) is 3. The smallest absolute Gasteiger partial charge is 0.242 e. The van der Waals surface area contributed by atoms with Crippen molar-refractivity contribution in [1.29, 1.82) is 0 Å². The van der Waals surface area contributed by atoms with Gasteiger partial charge in [-0.05, 0) is 47.2 Å². The average molecular weight is 591 g/mol.